The fourth-order valence-electron chi connectivity index (χ4n) is 0.990. The summed E-state index contributed by atoms with van der Waals surface area (Å²) in [5.74, 6) is 0.719. The second-order valence-corrected chi connectivity index (χ2v) is 3.70. The molecule has 1 atom stereocenters. The molecule has 0 amide bonds. The van der Waals surface area contributed by atoms with Crippen LogP contribution in [0.25, 0.3) is 0 Å². The lowest BCUT2D eigenvalue weighted by atomic mass is 10.2. The minimum absolute atomic E-state index is 0.0464. The molecule has 0 spiro atoms. The van der Waals surface area contributed by atoms with Gasteiger partial charge in [-0.05, 0) is 13.0 Å². The molecule has 0 aromatic heterocycles. The largest absolute Gasteiger partial charge is 0.390 e. The van der Waals surface area contributed by atoms with Crippen LogP contribution in [-0.2, 0) is 0 Å². The summed E-state index contributed by atoms with van der Waals surface area (Å²) in [4.78, 5) is 1.65. The molecule has 0 saturated heterocycles. The topological polar surface area (TPSA) is 3.24 Å². The van der Waals surface area contributed by atoms with E-state index in [9.17, 15) is 13.2 Å². The van der Waals surface area contributed by atoms with Crippen molar-refractivity contribution in [3.05, 3.63) is 0 Å². The Balaban J connectivity index is 3.57. The molecule has 80 valence electrons. The van der Waals surface area contributed by atoms with Crippen LogP contribution in [0, 0.1) is 5.92 Å². The first-order chi connectivity index (χ1) is 5.85. The van der Waals surface area contributed by atoms with Gasteiger partial charge in [0.05, 0.1) is 6.42 Å². The number of nitrogens with zero attached hydrogens (tertiary/aromatic N) is 1. The standard InChI is InChI=1S/C8H15ClF3N/c1-7(5-9)6-13(2)4-3-8(10,11)12/h7H,3-6H2,1-2H3. The summed E-state index contributed by atoms with van der Waals surface area (Å²) >= 11 is 5.54. The molecule has 0 aliphatic rings. The Labute approximate surface area is 81.9 Å². The third-order valence-electron chi connectivity index (χ3n) is 1.66. The molecule has 0 rings (SSSR count). The predicted molar refractivity (Wildman–Crippen MR) is 48.1 cm³/mol. The highest BCUT2D eigenvalue weighted by Crippen LogP contribution is 2.19. The maximum Gasteiger partial charge on any atom is 0.390 e. The van der Waals surface area contributed by atoms with Gasteiger partial charge in [0.25, 0.3) is 0 Å². The average molecular weight is 218 g/mol. The molecule has 0 aromatic rings. The summed E-state index contributed by atoms with van der Waals surface area (Å²) in [6.07, 6.45) is -4.81. The molecule has 13 heavy (non-hydrogen) atoms. The molecule has 0 heterocycles. The molecule has 0 N–H and O–H groups in total. The first-order valence-corrected chi connectivity index (χ1v) is 4.70. The highest BCUT2D eigenvalue weighted by atomic mass is 35.5. The molecule has 0 saturated carbocycles. The average Bonchev–Trinajstić information content (AvgIpc) is 1.99. The molecule has 0 radical (unpaired) electrons. The smallest absolute Gasteiger partial charge is 0.306 e. The Bertz CT molecular complexity index is 138. The second-order valence-electron chi connectivity index (χ2n) is 3.39. The Morgan fingerprint density at radius 2 is 1.92 bits per heavy atom. The van der Waals surface area contributed by atoms with E-state index >= 15 is 0 Å². The lowest BCUT2D eigenvalue weighted by Gasteiger charge is -2.20. The van der Waals surface area contributed by atoms with Crippen LogP contribution >= 0.6 is 11.6 Å². The van der Waals surface area contributed by atoms with E-state index in [1.165, 1.54) is 0 Å². The van der Waals surface area contributed by atoms with Gasteiger partial charge in [-0.2, -0.15) is 13.2 Å². The van der Waals surface area contributed by atoms with Gasteiger partial charge in [0.1, 0.15) is 0 Å². The maximum absolute atomic E-state index is 11.8. The minimum Gasteiger partial charge on any atom is -0.306 e. The Morgan fingerprint density at radius 1 is 1.38 bits per heavy atom. The highest BCUT2D eigenvalue weighted by molar-refractivity contribution is 6.18. The minimum atomic E-state index is -4.06. The van der Waals surface area contributed by atoms with Crippen molar-refractivity contribution in [3.8, 4) is 0 Å². The van der Waals surface area contributed by atoms with Crippen LogP contribution in [0.1, 0.15) is 13.3 Å². The zero-order valence-electron chi connectivity index (χ0n) is 7.86. The molecule has 0 aliphatic heterocycles. The molecular formula is C8H15ClF3N. The fraction of sp³-hybridized carbons (Fsp3) is 1.00. The highest BCUT2D eigenvalue weighted by Gasteiger charge is 2.27. The van der Waals surface area contributed by atoms with Crippen molar-refractivity contribution < 1.29 is 13.2 Å². The molecule has 1 nitrogen and oxygen atoms in total. The van der Waals surface area contributed by atoms with Crippen LogP contribution in [0.15, 0.2) is 0 Å². The fourth-order valence-corrected chi connectivity index (χ4v) is 1.09. The Morgan fingerprint density at radius 3 is 2.31 bits per heavy atom. The van der Waals surface area contributed by atoms with Crippen molar-refractivity contribution in [2.75, 3.05) is 26.0 Å². The van der Waals surface area contributed by atoms with Crippen molar-refractivity contribution >= 4 is 11.6 Å². The van der Waals surface area contributed by atoms with Gasteiger partial charge in [-0.3, -0.25) is 0 Å². The van der Waals surface area contributed by atoms with E-state index in [-0.39, 0.29) is 12.5 Å². The number of hydrogen-bond donors (Lipinski definition) is 0. The van der Waals surface area contributed by atoms with E-state index in [2.05, 4.69) is 0 Å². The maximum atomic E-state index is 11.8. The van der Waals surface area contributed by atoms with Crippen molar-refractivity contribution in [3.63, 3.8) is 0 Å². The lowest BCUT2D eigenvalue weighted by molar-refractivity contribution is -0.137. The van der Waals surface area contributed by atoms with Crippen LogP contribution < -0.4 is 0 Å². The predicted octanol–water partition coefficient (Wildman–Crippen LogP) is 2.75. The molecule has 0 aliphatic carbocycles. The van der Waals surface area contributed by atoms with Gasteiger partial charge in [0.2, 0.25) is 0 Å². The summed E-state index contributed by atoms with van der Waals surface area (Å²) in [6.45, 7) is 2.57. The first kappa shape index (κ1) is 13.0. The van der Waals surface area contributed by atoms with Gasteiger partial charge in [-0.15, -0.1) is 11.6 Å². The Kier molecular flexibility index (Phi) is 5.72. The van der Waals surface area contributed by atoms with E-state index in [0.29, 0.717) is 12.4 Å². The SMILES string of the molecule is CC(CCl)CN(C)CCC(F)(F)F. The quantitative estimate of drug-likeness (QED) is 0.640. The molecule has 1 unspecified atom stereocenters. The van der Waals surface area contributed by atoms with Gasteiger partial charge >= 0.3 is 6.18 Å². The molecule has 0 aromatic carbocycles. The summed E-state index contributed by atoms with van der Waals surface area (Å²) < 4.78 is 35.3. The normalized spacial score (nSPS) is 15.0. The van der Waals surface area contributed by atoms with Gasteiger partial charge in [-0.25, -0.2) is 0 Å². The molecule has 5 heteroatoms. The zero-order chi connectivity index (χ0) is 10.5. The van der Waals surface area contributed by atoms with Crippen LogP contribution in [-0.4, -0.2) is 37.1 Å². The monoisotopic (exact) mass is 217 g/mol. The van der Waals surface area contributed by atoms with Crippen LogP contribution in [0.5, 0.6) is 0 Å². The summed E-state index contributed by atoms with van der Waals surface area (Å²) in [5.41, 5.74) is 0. The number of hydrogen-bond acceptors (Lipinski definition) is 1. The third-order valence-corrected chi connectivity index (χ3v) is 2.19. The van der Waals surface area contributed by atoms with Crippen molar-refractivity contribution in [1.82, 2.24) is 4.90 Å². The summed E-state index contributed by atoms with van der Waals surface area (Å²) in [6, 6.07) is 0. The number of alkyl halides is 4. The Hall–Kier alpha value is 0.0400. The third kappa shape index (κ3) is 8.37. The van der Waals surface area contributed by atoms with Gasteiger partial charge in [0, 0.05) is 19.0 Å². The van der Waals surface area contributed by atoms with E-state index < -0.39 is 12.6 Å². The molecule has 0 fully saturated rings. The summed E-state index contributed by atoms with van der Waals surface area (Å²) in [5, 5.41) is 0. The van der Waals surface area contributed by atoms with Crippen molar-refractivity contribution in [1.29, 1.82) is 0 Å². The van der Waals surface area contributed by atoms with Crippen LogP contribution in [0.3, 0.4) is 0 Å². The van der Waals surface area contributed by atoms with Crippen molar-refractivity contribution in [2.24, 2.45) is 5.92 Å². The lowest BCUT2D eigenvalue weighted by Crippen LogP contribution is -2.29. The summed E-state index contributed by atoms with van der Waals surface area (Å²) in [7, 11) is 1.68. The second kappa shape index (κ2) is 5.70. The van der Waals surface area contributed by atoms with E-state index in [0.717, 1.165) is 0 Å². The van der Waals surface area contributed by atoms with Crippen LogP contribution in [0.2, 0.25) is 0 Å². The first-order valence-electron chi connectivity index (χ1n) is 4.16. The number of halogens is 4. The van der Waals surface area contributed by atoms with Gasteiger partial charge in [0.15, 0.2) is 0 Å². The van der Waals surface area contributed by atoms with Gasteiger partial charge < -0.3 is 4.90 Å². The van der Waals surface area contributed by atoms with E-state index in [4.69, 9.17) is 11.6 Å². The molecule has 0 bridgehead atoms. The zero-order valence-corrected chi connectivity index (χ0v) is 8.62. The molecular weight excluding hydrogens is 203 g/mol. The van der Waals surface area contributed by atoms with Crippen LogP contribution in [0.4, 0.5) is 13.2 Å². The van der Waals surface area contributed by atoms with Gasteiger partial charge in [-0.1, -0.05) is 6.92 Å². The van der Waals surface area contributed by atoms with Crippen molar-refractivity contribution in [2.45, 2.75) is 19.5 Å². The van der Waals surface area contributed by atoms with E-state index in [1.807, 2.05) is 6.92 Å². The number of rotatable bonds is 5. The van der Waals surface area contributed by atoms with E-state index in [1.54, 1.807) is 11.9 Å².